The van der Waals surface area contributed by atoms with E-state index in [1.165, 1.54) is 11.8 Å². The van der Waals surface area contributed by atoms with Crippen LogP contribution < -0.4 is 15.1 Å². The number of hydrogen-bond acceptors (Lipinski definition) is 5. The number of furan rings is 1. The van der Waals surface area contributed by atoms with Crippen LogP contribution in [0.1, 0.15) is 32.2 Å². The van der Waals surface area contributed by atoms with Crippen LogP contribution in [-0.4, -0.2) is 21.7 Å². The molecule has 3 heterocycles. The summed E-state index contributed by atoms with van der Waals surface area (Å²) in [5.41, 5.74) is 1.51. The number of nitrogens with zero attached hydrogens (tertiary/aromatic N) is 3. The van der Waals surface area contributed by atoms with Gasteiger partial charge in [0.1, 0.15) is 0 Å². The van der Waals surface area contributed by atoms with Crippen molar-refractivity contribution in [1.82, 2.24) is 10.1 Å². The fraction of sp³-hybridized carbons (Fsp3) is 0.263. The summed E-state index contributed by atoms with van der Waals surface area (Å²) in [6, 6.07) is 10.9. The molecule has 0 unspecified atom stereocenters. The first-order valence-electron chi connectivity index (χ1n) is 8.79. The van der Waals surface area contributed by atoms with Gasteiger partial charge in [-0.3, -0.25) is 14.6 Å². The number of aromatic amines is 1. The zero-order valence-corrected chi connectivity index (χ0v) is 15.8. The molecule has 0 spiro atoms. The first-order chi connectivity index (χ1) is 13.2. The number of thioether (sulfide) groups is 1. The van der Waals surface area contributed by atoms with Crippen LogP contribution in [0.25, 0.3) is 11.3 Å². The van der Waals surface area contributed by atoms with Crippen molar-refractivity contribution in [3.8, 4) is 11.3 Å². The number of benzene rings is 1. The molecule has 138 valence electrons. The Morgan fingerprint density at radius 2 is 2.11 bits per heavy atom. The van der Waals surface area contributed by atoms with E-state index in [1.807, 2.05) is 38.1 Å². The van der Waals surface area contributed by atoms with Gasteiger partial charge in [-0.25, -0.2) is 4.90 Å². The third-order valence-corrected chi connectivity index (χ3v) is 5.15. The number of anilines is 1. The molecule has 2 aromatic heterocycles. The van der Waals surface area contributed by atoms with Crippen molar-refractivity contribution < 1.29 is 13.9 Å². The monoisotopic (exact) mass is 383 g/mol. The van der Waals surface area contributed by atoms with Gasteiger partial charge < -0.3 is 4.42 Å². The van der Waals surface area contributed by atoms with E-state index < -0.39 is 6.17 Å². The standard InChI is InChI=1S/C19H18N4O3S/c1-3-15(24)22-13-9-6-5-8-12(13)16-17(25)20-19(27-4-2)21-23(16)18(22)14-10-7-11-26-14/h5-11,18H,3-4H2,1-2H3/p+1/t18-/m1/s1. The summed E-state index contributed by atoms with van der Waals surface area (Å²) in [4.78, 5) is 30.3. The number of hydrogen-bond donors (Lipinski definition) is 1. The molecule has 0 aliphatic carbocycles. The average Bonchev–Trinajstić information content (AvgIpc) is 3.20. The van der Waals surface area contributed by atoms with Crippen LogP contribution in [-0.2, 0) is 4.79 Å². The van der Waals surface area contributed by atoms with Gasteiger partial charge in [-0.1, -0.05) is 37.7 Å². The van der Waals surface area contributed by atoms with E-state index in [9.17, 15) is 9.59 Å². The molecule has 1 aromatic carbocycles. The highest BCUT2D eigenvalue weighted by molar-refractivity contribution is 7.99. The molecule has 1 aliphatic rings. The highest BCUT2D eigenvalue weighted by atomic mass is 32.2. The summed E-state index contributed by atoms with van der Waals surface area (Å²) < 4.78 is 7.24. The number of amides is 1. The van der Waals surface area contributed by atoms with Crippen LogP contribution in [0.5, 0.6) is 0 Å². The second kappa shape index (κ2) is 7.03. The molecule has 3 aromatic rings. The van der Waals surface area contributed by atoms with Gasteiger partial charge in [-0.15, -0.1) is 0 Å². The normalized spacial score (nSPS) is 15.3. The predicted octanol–water partition coefficient (Wildman–Crippen LogP) is 2.73. The van der Waals surface area contributed by atoms with Crippen LogP contribution in [0, 0.1) is 0 Å². The van der Waals surface area contributed by atoms with Gasteiger partial charge in [-0.05, 0) is 34.7 Å². The minimum Gasteiger partial charge on any atom is -0.460 e. The largest absolute Gasteiger partial charge is 0.460 e. The molecule has 4 rings (SSSR count). The van der Waals surface area contributed by atoms with Crippen molar-refractivity contribution in [2.45, 2.75) is 31.6 Å². The number of nitrogens with one attached hydrogen (secondary N) is 1. The van der Waals surface area contributed by atoms with E-state index in [4.69, 9.17) is 4.42 Å². The molecule has 8 heteroatoms. The number of carbonyl (C=O) groups is 1. The number of para-hydroxylation sites is 1. The molecular weight excluding hydrogens is 364 g/mol. The minimum absolute atomic E-state index is 0.0752. The van der Waals surface area contributed by atoms with Crippen molar-refractivity contribution in [1.29, 1.82) is 0 Å². The van der Waals surface area contributed by atoms with Crippen molar-refractivity contribution >= 4 is 23.4 Å². The number of carbonyl (C=O) groups excluding carboxylic acids is 1. The lowest BCUT2D eigenvalue weighted by Gasteiger charge is -2.30. The summed E-state index contributed by atoms with van der Waals surface area (Å²) >= 11 is 1.44. The smallest absolute Gasteiger partial charge is 0.325 e. The lowest BCUT2D eigenvalue weighted by atomic mass is 10.0. The molecule has 0 saturated carbocycles. The molecule has 1 N–H and O–H groups in total. The number of H-pyrrole nitrogens is 1. The second-order valence-corrected chi connectivity index (χ2v) is 7.26. The first-order valence-corrected chi connectivity index (χ1v) is 9.78. The summed E-state index contributed by atoms with van der Waals surface area (Å²) in [5, 5.41) is 5.14. The van der Waals surface area contributed by atoms with Gasteiger partial charge in [-0.2, -0.15) is 0 Å². The molecule has 0 bridgehead atoms. The Labute approximate surface area is 160 Å². The molecule has 27 heavy (non-hydrogen) atoms. The summed E-state index contributed by atoms with van der Waals surface area (Å²) in [5.74, 6) is 1.24. The Bertz CT molecular complexity index is 1050. The molecule has 0 saturated heterocycles. The van der Waals surface area contributed by atoms with Crippen LogP contribution in [0.15, 0.2) is 57.0 Å². The molecule has 1 aliphatic heterocycles. The fourth-order valence-electron chi connectivity index (χ4n) is 3.31. The van der Waals surface area contributed by atoms with E-state index >= 15 is 0 Å². The van der Waals surface area contributed by atoms with E-state index in [-0.39, 0.29) is 11.5 Å². The van der Waals surface area contributed by atoms with E-state index in [0.717, 1.165) is 5.75 Å². The van der Waals surface area contributed by atoms with Crippen molar-refractivity contribution in [2.75, 3.05) is 10.7 Å². The Hall–Kier alpha value is -2.87. The van der Waals surface area contributed by atoms with Gasteiger partial charge in [0.05, 0.1) is 17.5 Å². The zero-order chi connectivity index (χ0) is 19.0. The highest BCUT2D eigenvalue weighted by Crippen LogP contribution is 2.37. The lowest BCUT2D eigenvalue weighted by molar-refractivity contribution is -0.764. The van der Waals surface area contributed by atoms with E-state index in [0.29, 0.717) is 34.3 Å². The summed E-state index contributed by atoms with van der Waals surface area (Å²) in [6.07, 6.45) is 1.22. The van der Waals surface area contributed by atoms with Crippen LogP contribution >= 0.6 is 11.8 Å². The quantitative estimate of drug-likeness (QED) is 0.553. The topological polar surface area (TPSA) is 83.1 Å². The van der Waals surface area contributed by atoms with Gasteiger partial charge >= 0.3 is 17.4 Å². The third-order valence-electron chi connectivity index (χ3n) is 4.41. The Morgan fingerprint density at radius 3 is 2.81 bits per heavy atom. The van der Waals surface area contributed by atoms with Crippen LogP contribution in [0.3, 0.4) is 0 Å². The maximum Gasteiger partial charge on any atom is 0.325 e. The van der Waals surface area contributed by atoms with Gasteiger partial charge in [0.25, 0.3) is 0 Å². The SMILES string of the molecule is CCSc1n[n+]2c(c(=O)[nH]1)-c1ccccc1N(C(=O)CC)[C@H]2c1ccco1. The average molecular weight is 383 g/mol. The zero-order valence-electron chi connectivity index (χ0n) is 15.0. The van der Waals surface area contributed by atoms with Gasteiger partial charge in [0.15, 0.2) is 5.76 Å². The summed E-state index contributed by atoms with van der Waals surface area (Å²) in [6.45, 7) is 3.80. The lowest BCUT2D eigenvalue weighted by Crippen LogP contribution is -2.60. The Morgan fingerprint density at radius 1 is 1.30 bits per heavy atom. The van der Waals surface area contributed by atoms with Gasteiger partial charge in [0.2, 0.25) is 11.1 Å². The maximum absolute atomic E-state index is 12.9. The van der Waals surface area contributed by atoms with Crippen LogP contribution in [0.2, 0.25) is 0 Å². The maximum atomic E-state index is 12.9. The summed E-state index contributed by atoms with van der Waals surface area (Å²) in [7, 11) is 0. The molecule has 0 fully saturated rings. The van der Waals surface area contributed by atoms with Crippen molar-refractivity contribution in [2.24, 2.45) is 0 Å². The predicted molar refractivity (Wildman–Crippen MR) is 102 cm³/mol. The Balaban J connectivity index is 2.06. The second-order valence-electron chi connectivity index (χ2n) is 6.01. The molecular formula is C19H19N4O3S+. The van der Waals surface area contributed by atoms with E-state index in [1.54, 1.807) is 28.0 Å². The number of fused-ring (bicyclic) bond motifs is 3. The fourth-order valence-corrected chi connectivity index (χ4v) is 3.89. The molecule has 0 radical (unpaired) electrons. The van der Waals surface area contributed by atoms with Gasteiger partial charge in [0, 0.05) is 11.5 Å². The Kier molecular flexibility index (Phi) is 4.57. The molecule has 1 atom stereocenters. The van der Waals surface area contributed by atoms with Crippen molar-refractivity contribution in [3.05, 3.63) is 58.8 Å². The number of aromatic nitrogens is 3. The van der Waals surface area contributed by atoms with Crippen LogP contribution in [0.4, 0.5) is 5.69 Å². The molecule has 7 nitrogen and oxygen atoms in total. The van der Waals surface area contributed by atoms with E-state index in [2.05, 4.69) is 10.1 Å². The van der Waals surface area contributed by atoms with Crippen molar-refractivity contribution in [3.63, 3.8) is 0 Å². The third kappa shape index (κ3) is 2.86. The molecule has 1 amide bonds. The highest BCUT2D eigenvalue weighted by Gasteiger charge is 2.46. The first kappa shape index (κ1) is 17.5. The minimum atomic E-state index is -0.657. The number of rotatable bonds is 4.